The Hall–Kier alpha value is -1.59. The van der Waals surface area contributed by atoms with Gasteiger partial charge in [0.05, 0.1) is 20.3 Å². The summed E-state index contributed by atoms with van der Waals surface area (Å²) >= 11 is 0. The summed E-state index contributed by atoms with van der Waals surface area (Å²) in [6, 6.07) is 7.11. The molecule has 1 aromatic carbocycles. The second kappa shape index (κ2) is 15.3. The van der Waals surface area contributed by atoms with Gasteiger partial charge in [0.1, 0.15) is 5.75 Å². The largest absolute Gasteiger partial charge is 0.497 e. The number of ether oxygens (including phenoxy) is 2. The van der Waals surface area contributed by atoms with Crippen molar-refractivity contribution in [1.29, 1.82) is 0 Å². The Kier molecular flexibility index (Phi) is 13.4. The van der Waals surface area contributed by atoms with Gasteiger partial charge in [-0.15, -0.1) is 24.0 Å². The van der Waals surface area contributed by atoms with Crippen molar-refractivity contribution in [1.82, 2.24) is 20.9 Å². The molecule has 1 aromatic rings. The van der Waals surface area contributed by atoms with E-state index >= 15 is 0 Å². The van der Waals surface area contributed by atoms with Crippen LogP contribution in [0.15, 0.2) is 29.3 Å². The van der Waals surface area contributed by atoms with E-state index in [2.05, 4.69) is 25.8 Å². The summed E-state index contributed by atoms with van der Waals surface area (Å²) < 4.78 is 10.5. The summed E-state index contributed by atoms with van der Waals surface area (Å²) in [4.78, 5) is 19.2. The van der Waals surface area contributed by atoms with Crippen LogP contribution in [0, 0.1) is 0 Å². The molecule has 1 aliphatic rings. The summed E-state index contributed by atoms with van der Waals surface area (Å²) in [5, 5.41) is 9.39. The van der Waals surface area contributed by atoms with Crippen molar-refractivity contribution in [3.8, 4) is 5.75 Å². The minimum atomic E-state index is -0.117. The molecule has 164 valence electrons. The summed E-state index contributed by atoms with van der Waals surface area (Å²) in [6.07, 6.45) is 1.02. The average Bonchev–Trinajstić information content (AvgIpc) is 2.74. The maximum Gasteiger partial charge on any atom is 0.251 e. The van der Waals surface area contributed by atoms with Gasteiger partial charge >= 0.3 is 0 Å². The zero-order valence-electron chi connectivity index (χ0n) is 17.4. The number of hydrogen-bond acceptors (Lipinski definition) is 5. The highest BCUT2D eigenvalue weighted by atomic mass is 127. The molecule has 0 spiro atoms. The smallest absolute Gasteiger partial charge is 0.251 e. The number of rotatable bonds is 10. The third-order valence-electron chi connectivity index (χ3n) is 4.39. The number of hydrogen-bond donors (Lipinski definition) is 3. The molecular weight excluding hydrogens is 485 g/mol. The lowest BCUT2D eigenvalue weighted by atomic mass is 10.2. The first-order valence-electron chi connectivity index (χ1n) is 9.97. The van der Waals surface area contributed by atoms with Crippen LogP contribution in [0.4, 0.5) is 0 Å². The molecule has 0 aliphatic carbocycles. The number of carbonyl (C=O) groups excluding carboxylic acids is 1. The molecule has 0 saturated carbocycles. The number of benzene rings is 1. The van der Waals surface area contributed by atoms with Gasteiger partial charge in [-0.2, -0.15) is 0 Å². The molecule has 3 N–H and O–H groups in total. The molecule has 0 atom stereocenters. The molecular formula is C20H34IN5O3. The lowest BCUT2D eigenvalue weighted by Crippen LogP contribution is -2.41. The molecule has 1 heterocycles. The van der Waals surface area contributed by atoms with Crippen molar-refractivity contribution in [3.63, 3.8) is 0 Å². The fourth-order valence-electron chi connectivity index (χ4n) is 2.88. The Balaban J connectivity index is 0.00000420. The molecule has 29 heavy (non-hydrogen) atoms. The number of guanidine groups is 1. The minimum absolute atomic E-state index is 0. The van der Waals surface area contributed by atoms with E-state index < -0.39 is 0 Å². The molecule has 8 nitrogen and oxygen atoms in total. The van der Waals surface area contributed by atoms with E-state index in [1.807, 2.05) is 13.0 Å². The topological polar surface area (TPSA) is 87.2 Å². The first-order valence-corrected chi connectivity index (χ1v) is 9.97. The van der Waals surface area contributed by atoms with Gasteiger partial charge in [0.25, 0.3) is 5.91 Å². The van der Waals surface area contributed by atoms with Crippen molar-refractivity contribution in [2.24, 2.45) is 4.99 Å². The molecule has 1 saturated heterocycles. The van der Waals surface area contributed by atoms with Crippen LogP contribution in [-0.4, -0.2) is 82.9 Å². The second-order valence-corrected chi connectivity index (χ2v) is 6.48. The third kappa shape index (κ3) is 10.1. The number of carbonyl (C=O) groups is 1. The molecule has 1 aliphatic heterocycles. The van der Waals surface area contributed by atoms with Crippen LogP contribution in [-0.2, 0) is 4.74 Å². The van der Waals surface area contributed by atoms with Crippen LogP contribution < -0.4 is 20.7 Å². The zero-order valence-corrected chi connectivity index (χ0v) is 19.7. The van der Waals surface area contributed by atoms with Crippen molar-refractivity contribution >= 4 is 35.8 Å². The molecule has 1 amide bonds. The number of morpholine rings is 1. The fraction of sp³-hybridized carbons (Fsp3) is 0.600. The van der Waals surface area contributed by atoms with Gasteiger partial charge in [0.2, 0.25) is 0 Å². The van der Waals surface area contributed by atoms with E-state index in [9.17, 15) is 4.79 Å². The predicted octanol–water partition coefficient (Wildman–Crippen LogP) is 1.32. The van der Waals surface area contributed by atoms with Crippen LogP contribution >= 0.6 is 24.0 Å². The van der Waals surface area contributed by atoms with Gasteiger partial charge in [-0.05, 0) is 31.5 Å². The number of halogens is 1. The summed E-state index contributed by atoms with van der Waals surface area (Å²) in [7, 11) is 1.59. The van der Waals surface area contributed by atoms with Crippen molar-refractivity contribution < 1.29 is 14.3 Å². The molecule has 9 heteroatoms. The van der Waals surface area contributed by atoms with E-state index in [0.717, 1.165) is 58.3 Å². The Bertz CT molecular complexity index is 624. The number of nitrogens with one attached hydrogen (secondary N) is 3. The Morgan fingerprint density at radius 3 is 2.69 bits per heavy atom. The molecule has 0 bridgehead atoms. The molecule has 2 rings (SSSR count). The van der Waals surface area contributed by atoms with E-state index in [1.165, 1.54) is 0 Å². The van der Waals surface area contributed by atoms with Gasteiger partial charge in [0, 0.05) is 51.4 Å². The lowest BCUT2D eigenvalue weighted by Gasteiger charge is -2.26. The van der Waals surface area contributed by atoms with Crippen LogP contribution in [0.1, 0.15) is 23.7 Å². The summed E-state index contributed by atoms with van der Waals surface area (Å²) in [5.74, 6) is 1.33. The predicted molar refractivity (Wildman–Crippen MR) is 127 cm³/mol. The first kappa shape index (κ1) is 25.4. The number of aliphatic imine (C=N–C) groups is 1. The third-order valence-corrected chi connectivity index (χ3v) is 4.39. The van der Waals surface area contributed by atoms with Gasteiger partial charge in [-0.25, -0.2) is 0 Å². The van der Waals surface area contributed by atoms with E-state index in [0.29, 0.717) is 24.4 Å². The molecule has 0 radical (unpaired) electrons. The SMILES string of the molecule is CCNC(=NCCCN1CCOCC1)NCCNC(=O)c1cccc(OC)c1.I. The molecule has 0 aromatic heterocycles. The standard InChI is InChI=1S/C20H33N5O3.HI/c1-3-21-20(23-8-5-11-25-12-14-28-15-13-25)24-10-9-22-19(26)17-6-4-7-18(16-17)27-2;/h4,6-7,16H,3,5,8-15H2,1-2H3,(H,22,26)(H2,21,23,24);1H. The highest BCUT2D eigenvalue weighted by Gasteiger charge is 2.09. The number of methoxy groups -OCH3 is 1. The Morgan fingerprint density at radius 1 is 1.21 bits per heavy atom. The first-order chi connectivity index (χ1) is 13.7. The zero-order chi connectivity index (χ0) is 20.0. The summed E-state index contributed by atoms with van der Waals surface area (Å²) in [6.45, 7) is 9.43. The molecule has 1 fully saturated rings. The van der Waals surface area contributed by atoms with Crippen LogP contribution in [0.25, 0.3) is 0 Å². The van der Waals surface area contributed by atoms with Crippen LogP contribution in [0.2, 0.25) is 0 Å². The average molecular weight is 519 g/mol. The van der Waals surface area contributed by atoms with Crippen molar-refractivity contribution in [3.05, 3.63) is 29.8 Å². The lowest BCUT2D eigenvalue weighted by molar-refractivity contribution is 0.0377. The fourth-order valence-corrected chi connectivity index (χ4v) is 2.88. The van der Waals surface area contributed by atoms with Gasteiger partial charge < -0.3 is 25.4 Å². The van der Waals surface area contributed by atoms with Crippen LogP contribution in [0.5, 0.6) is 5.75 Å². The van der Waals surface area contributed by atoms with E-state index in [4.69, 9.17) is 9.47 Å². The van der Waals surface area contributed by atoms with Crippen molar-refractivity contribution in [2.45, 2.75) is 13.3 Å². The Labute approximate surface area is 190 Å². The quantitative estimate of drug-likeness (QED) is 0.187. The summed E-state index contributed by atoms with van der Waals surface area (Å²) in [5.41, 5.74) is 0.586. The van der Waals surface area contributed by atoms with E-state index in [-0.39, 0.29) is 29.9 Å². The number of nitrogens with zero attached hydrogens (tertiary/aromatic N) is 2. The van der Waals surface area contributed by atoms with Gasteiger partial charge in [0.15, 0.2) is 5.96 Å². The second-order valence-electron chi connectivity index (χ2n) is 6.48. The Morgan fingerprint density at radius 2 is 1.97 bits per heavy atom. The van der Waals surface area contributed by atoms with Gasteiger partial charge in [-0.3, -0.25) is 14.7 Å². The minimum Gasteiger partial charge on any atom is -0.497 e. The van der Waals surface area contributed by atoms with Gasteiger partial charge in [-0.1, -0.05) is 6.07 Å². The van der Waals surface area contributed by atoms with Crippen LogP contribution in [0.3, 0.4) is 0 Å². The highest BCUT2D eigenvalue weighted by Crippen LogP contribution is 2.12. The van der Waals surface area contributed by atoms with E-state index in [1.54, 1.807) is 25.3 Å². The van der Waals surface area contributed by atoms with Crippen molar-refractivity contribution in [2.75, 3.05) is 66.1 Å². The monoisotopic (exact) mass is 519 g/mol. The normalized spacial score (nSPS) is 14.6. The number of amides is 1. The maximum absolute atomic E-state index is 12.2. The maximum atomic E-state index is 12.2. The highest BCUT2D eigenvalue weighted by molar-refractivity contribution is 14.0. The molecule has 0 unspecified atom stereocenters.